The minimum Gasteiger partial charge on any atom is -0.397 e. The SMILES string of the molecule is Nc1cc(NC(=O)CCN2CCCO2)ccc1Cl. The van der Waals surface area contributed by atoms with Gasteiger partial charge in [-0.25, -0.2) is 0 Å². The highest BCUT2D eigenvalue weighted by Gasteiger charge is 2.13. The number of hydrogen-bond acceptors (Lipinski definition) is 4. The van der Waals surface area contributed by atoms with Gasteiger partial charge in [0.1, 0.15) is 0 Å². The van der Waals surface area contributed by atoms with E-state index < -0.39 is 0 Å². The molecule has 0 spiro atoms. The number of nitrogens with two attached hydrogens (primary N) is 1. The van der Waals surface area contributed by atoms with Crippen LogP contribution in [0, 0.1) is 0 Å². The van der Waals surface area contributed by atoms with E-state index in [1.807, 2.05) is 5.06 Å². The summed E-state index contributed by atoms with van der Waals surface area (Å²) in [6.45, 7) is 2.24. The van der Waals surface area contributed by atoms with Crippen LogP contribution in [0.3, 0.4) is 0 Å². The van der Waals surface area contributed by atoms with Crippen LogP contribution in [0.4, 0.5) is 11.4 Å². The first-order valence-electron chi connectivity index (χ1n) is 5.88. The molecule has 0 atom stereocenters. The first kappa shape index (κ1) is 13.1. The quantitative estimate of drug-likeness (QED) is 0.819. The lowest BCUT2D eigenvalue weighted by Crippen LogP contribution is -2.24. The zero-order valence-corrected chi connectivity index (χ0v) is 10.7. The van der Waals surface area contributed by atoms with Crippen LogP contribution in [0.15, 0.2) is 18.2 Å². The largest absolute Gasteiger partial charge is 0.397 e. The zero-order chi connectivity index (χ0) is 13.0. The normalized spacial score (nSPS) is 15.8. The van der Waals surface area contributed by atoms with Gasteiger partial charge in [0, 0.05) is 25.2 Å². The van der Waals surface area contributed by atoms with Crippen LogP contribution < -0.4 is 11.1 Å². The van der Waals surface area contributed by atoms with Gasteiger partial charge in [-0.05, 0) is 24.6 Å². The van der Waals surface area contributed by atoms with E-state index in [9.17, 15) is 4.79 Å². The van der Waals surface area contributed by atoms with Crippen LogP contribution in [0.2, 0.25) is 5.02 Å². The van der Waals surface area contributed by atoms with Crippen molar-refractivity contribution in [3.63, 3.8) is 0 Å². The summed E-state index contributed by atoms with van der Waals surface area (Å²) in [5.74, 6) is -0.0628. The summed E-state index contributed by atoms with van der Waals surface area (Å²) in [5.41, 5.74) is 6.77. The lowest BCUT2D eigenvalue weighted by atomic mass is 10.2. The van der Waals surface area contributed by atoms with E-state index in [-0.39, 0.29) is 5.91 Å². The number of hydroxylamine groups is 2. The maximum Gasteiger partial charge on any atom is 0.225 e. The maximum atomic E-state index is 11.7. The summed E-state index contributed by atoms with van der Waals surface area (Å²) in [6.07, 6.45) is 1.41. The van der Waals surface area contributed by atoms with Crippen LogP contribution in [0.5, 0.6) is 0 Å². The Morgan fingerprint density at radius 2 is 2.39 bits per heavy atom. The van der Waals surface area contributed by atoms with Crippen molar-refractivity contribution < 1.29 is 9.63 Å². The van der Waals surface area contributed by atoms with Crippen LogP contribution in [0.1, 0.15) is 12.8 Å². The third kappa shape index (κ3) is 3.60. The van der Waals surface area contributed by atoms with E-state index in [0.717, 1.165) is 19.6 Å². The summed E-state index contributed by atoms with van der Waals surface area (Å²) >= 11 is 5.80. The van der Waals surface area contributed by atoms with Crippen LogP contribution in [-0.4, -0.2) is 30.7 Å². The van der Waals surface area contributed by atoms with Crippen molar-refractivity contribution in [2.75, 3.05) is 30.7 Å². The monoisotopic (exact) mass is 269 g/mol. The highest BCUT2D eigenvalue weighted by atomic mass is 35.5. The van der Waals surface area contributed by atoms with Gasteiger partial charge in [0.2, 0.25) is 5.91 Å². The van der Waals surface area contributed by atoms with E-state index in [1.165, 1.54) is 0 Å². The molecule has 0 saturated carbocycles. The predicted octanol–water partition coefficient (Wildman–Crippen LogP) is 1.89. The molecule has 3 N–H and O–H groups in total. The molecule has 0 aliphatic carbocycles. The summed E-state index contributed by atoms with van der Waals surface area (Å²) in [5, 5.41) is 5.07. The molecule has 2 rings (SSSR count). The van der Waals surface area contributed by atoms with Gasteiger partial charge in [0.25, 0.3) is 0 Å². The Balaban J connectivity index is 1.80. The lowest BCUT2D eigenvalue weighted by molar-refractivity contribution is -0.126. The molecule has 98 valence electrons. The van der Waals surface area contributed by atoms with Gasteiger partial charge >= 0.3 is 0 Å². The average molecular weight is 270 g/mol. The zero-order valence-electron chi connectivity index (χ0n) is 9.99. The molecule has 1 amide bonds. The number of carbonyl (C=O) groups is 1. The third-order valence-electron chi connectivity index (χ3n) is 2.69. The number of rotatable bonds is 4. The molecule has 5 nitrogen and oxygen atoms in total. The molecule has 1 aromatic carbocycles. The van der Waals surface area contributed by atoms with Crippen molar-refractivity contribution in [2.24, 2.45) is 0 Å². The number of nitrogen functional groups attached to an aromatic ring is 1. The number of nitrogens with zero attached hydrogens (tertiary/aromatic N) is 1. The van der Waals surface area contributed by atoms with Crippen molar-refractivity contribution in [3.05, 3.63) is 23.2 Å². The molecule has 1 aromatic rings. The molecule has 0 unspecified atom stereocenters. The minimum absolute atomic E-state index is 0.0628. The van der Waals surface area contributed by atoms with Gasteiger partial charge in [-0.3, -0.25) is 9.63 Å². The Morgan fingerprint density at radius 3 is 3.06 bits per heavy atom. The van der Waals surface area contributed by atoms with Crippen LogP contribution >= 0.6 is 11.6 Å². The number of amides is 1. The molecule has 0 bridgehead atoms. The van der Waals surface area contributed by atoms with E-state index in [4.69, 9.17) is 22.2 Å². The molecule has 1 fully saturated rings. The molecule has 0 aromatic heterocycles. The van der Waals surface area contributed by atoms with E-state index in [2.05, 4.69) is 5.32 Å². The fraction of sp³-hybridized carbons (Fsp3) is 0.417. The predicted molar refractivity (Wildman–Crippen MR) is 71.3 cm³/mol. The highest BCUT2D eigenvalue weighted by molar-refractivity contribution is 6.33. The second-order valence-corrected chi connectivity index (χ2v) is 4.56. The fourth-order valence-corrected chi connectivity index (χ4v) is 1.86. The van der Waals surface area contributed by atoms with Crippen molar-refractivity contribution in [1.29, 1.82) is 0 Å². The Labute approximate surface area is 111 Å². The van der Waals surface area contributed by atoms with Gasteiger partial charge < -0.3 is 11.1 Å². The highest BCUT2D eigenvalue weighted by Crippen LogP contribution is 2.22. The molecule has 6 heteroatoms. The maximum absolute atomic E-state index is 11.7. The Hall–Kier alpha value is -1.30. The number of carbonyl (C=O) groups excluding carboxylic acids is 1. The number of halogens is 1. The van der Waals surface area contributed by atoms with Gasteiger partial charge in [-0.15, -0.1) is 0 Å². The Morgan fingerprint density at radius 1 is 1.56 bits per heavy atom. The summed E-state index contributed by atoms with van der Waals surface area (Å²) in [6, 6.07) is 5.03. The molecule has 0 radical (unpaired) electrons. The lowest BCUT2D eigenvalue weighted by Gasteiger charge is -2.13. The first-order chi connectivity index (χ1) is 8.65. The number of hydrogen-bond donors (Lipinski definition) is 2. The molecule has 18 heavy (non-hydrogen) atoms. The standard InChI is InChI=1S/C12H16ClN3O2/c13-10-3-2-9(8-11(10)14)15-12(17)4-6-16-5-1-7-18-16/h2-3,8H,1,4-7,14H2,(H,15,17). The fourth-order valence-electron chi connectivity index (χ4n) is 1.75. The molecule has 1 saturated heterocycles. The smallest absolute Gasteiger partial charge is 0.225 e. The first-order valence-corrected chi connectivity index (χ1v) is 6.26. The molecular weight excluding hydrogens is 254 g/mol. The molecular formula is C12H16ClN3O2. The van der Waals surface area contributed by atoms with E-state index in [0.29, 0.717) is 29.4 Å². The van der Waals surface area contributed by atoms with Crippen molar-refractivity contribution >= 4 is 28.9 Å². The molecule has 1 heterocycles. The van der Waals surface area contributed by atoms with Crippen molar-refractivity contribution in [1.82, 2.24) is 5.06 Å². The third-order valence-corrected chi connectivity index (χ3v) is 3.04. The Bertz CT molecular complexity index is 433. The number of nitrogens with one attached hydrogen (secondary N) is 1. The minimum atomic E-state index is -0.0628. The second kappa shape index (κ2) is 6.04. The molecule has 1 aliphatic heterocycles. The second-order valence-electron chi connectivity index (χ2n) is 4.15. The van der Waals surface area contributed by atoms with Crippen molar-refractivity contribution in [2.45, 2.75) is 12.8 Å². The Kier molecular flexibility index (Phi) is 4.41. The van der Waals surface area contributed by atoms with Gasteiger partial charge in [0.05, 0.1) is 17.3 Å². The number of benzene rings is 1. The van der Waals surface area contributed by atoms with Crippen LogP contribution in [-0.2, 0) is 9.63 Å². The molecule has 1 aliphatic rings. The van der Waals surface area contributed by atoms with Crippen molar-refractivity contribution in [3.8, 4) is 0 Å². The van der Waals surface area contributed by atoms with Gasteiger partial charge in [0.15, 0.2) is 0 Å². The van der Waals surface area contributed by atoms with Gasteiger partial charge in [-0.1, -0.05) is 11.6 Å². The number of anilines is 2. The topological polar surface area (TPSA) is 67.6 Å². The van der Waals surface area contributed by atoms with E-state index >= 15 is 0 Å². The van der Waals surface area contributed by atoms with E-state index in [1.54, 1.807) is 18.2 Å². The summed E-state index contributed by atoms with van der Waals surface area (Å²) in [4.78, 5) is 17.0. The average Bonchev–Trinajstić information content (AvgIpc) is 2.84. The van der Waals surface area contributed by atoms with Crippen LogP contribution in [0.25, 0.3) is 0 Å². The summed E-state index contributed by atoms with van der Waals surface area (Å²) < 4.78 is 0. The summed E-state index contributed by atoms with van der Waals surface area (Å²) in [7, 11) is 0. The van der Waals surface area contributed by atoms with Gasteiger partial charge in [-0.2, -0.15) is 5.06 Å².